The number of esters is 1. The van der Waals surface area contributed by atoms with E-state index in [0.29, 0.717) is 22.7 Å². The van der Waals surface area contributed by atoms with E-state index in [-0.39, 0.29) is 11.7 Å². The van der Waals surface area contributed by atoms with Crippen LogP contribution in [-0.2, 0) is 4.74 Å². The molecule has 26 heavy (non-hydrogen) atoms. The number of phenolic OH excluding ortho intramolecular Hbond substituents is 1. The van der Waals surface area contributed by atoms with Crippen molar-refractivity contribution in [3.8, 4) is 16.9 Å². The van der Waals surface area contributed by atoms with Gasteiger partial charge in [-0.05, 0) is 37.6 Å². The molecule has 0 aromatic heterocycles. The highest BCUT2D eigenvalue weighted by Crippen LogP contribution is 2.34. The van der Waals surface area contributed by atoms with Gasteiger partial charge in [0.15, 0.2) is 0 Å². The lowest BCUT2D eigenvalue weighted by Gasteiger charge is -2.35. The van der Waals surface area contributed by atoms with Gasteiger partial charge in [0.2, 0.25) is 0 Å². The van der Waals surface area contributed by atoms with Gasteiger partial charge in [0.1, 0.15) is 11.4 Å². The minimum absolute atomic E-state index is 0.0538. The zero-order chi connectivity index (χ0) is 18.7. The number of phenols is 1. The quantitative estimate of drug-likeness (QED) is 0.447. The Labute approximate surface area is 154 Å². The lowest BCUT2D eigenvalue weighted by Crippen LogP contribution is -2.86. The van der Waals surface area contributed by atoms with E-state index in [0.717, 1.165) is 31.5 Å². The highest BCUT2D eigenvalue weighted by Gasteiger charge is 2.35. The fourth-order valence-corrected chi connectivity index (χ4v) is 3.58. The van der Waals surface area contributed by atoms with Crippen molar-refractivity contribution in [1.82, 2.24) is 0 Å². The van der Waals surface area contributed by atoms with E-state index in [1.807, 2.05) is 13.8 Å². The van der Waals surface area contributed by atoms with Crippen LogP contribution < -0.4 is 11.1 Å². The predicted octanol–water partition coefficient (Wildman–Crippen LogP) is 2.55. The number of carbonyl (C=O) groups excluding carboxylic acids is 1. The SMILES string of the molecule is CC(C)(OC(=O)c1ccc(-c2cccc(N)c2O)cc1)C1CC[NH2+]CC1. The van der Waals surface area contributed by atoms with E-state index in [2.05, 4.69) is 5.32 Å². The van der Waals surface area contributed by atoms with E-state index in [1.54, 1.807) is 42.5 Å². The molecule has 0 spiro atoms. The standard InChI is InChI=1S/C21H26N2O3/c1-21(2,16-10-12-23-13-11-16)26-20(25)15-8-6-14(7-9-15)17-4-3-5-18(22)19(17)24/h3-9,16,23-24H,10-13,22H2,1-2H3/p+1. The van der Waals surface area contributed by atoms with E-state index < -0.39 is 5.60 Å². The molecule has 1 heterocycles. The monoisotopic (exact) mass is 355 g/mol. The van der Waals surface area contributed by atoms with Crippen LogP contribution in [0.4, 0.5) is 5.69 Å². The molecule has 0 radical (unpaired) electrons. The molecule has 1 saturated heterocycles. The molecule has 2 aromatic rings. The summed E-state index contributed by atoms with van der Waals surface area (Å²) < 4.78 is 5.83. The molecule has 0 unspecified atom stereocenters. The molecule has 0 amide bonds. The van der Waals surface area contributed by atoms with Crippen molar-refractivity contribution >= 4 is 11.7 Å². The molecule has 1 fully saturated rings. The molecule has 2 aromatic carbocycles. The van der Waals surface area contributed by atoms with Crippen molar-refractivity contribution in [3.63, 3.8) is 0 Å². The second kappa shape index (κ2) is 7.38. The highest BCUT2D eigenvalue weighted by atomic mass is 16.6. The first kappa shape index (κ1) is 18.3. The number of aromatic hydroxyl groups is 1. The maximum atomic E-state index is 12.6. The third-order valence-corrected chi connectivity index (χ3v) is 5.28. The molecular formula is C21H27N2O3+. The average Bonchev–Trinajstić information content (AvgIpc) is 2.64. The third kappa shape index (κ3) is 3.83. The van der Waals surface area contributed by atoms with Crippen molar-refractivity contribution in [2.45, 2.75) is 32.3 Å². The van der Waals surface area contributed by atoms with Crippen LogP contribution >= 0.6 is 0 Å². The minimum Gasteiger partial charge on any atom is -0.505 e. The topological polar surface area (TPSA) is 89.2 Å². The normalized spacial score (nSPS) is 15.6. The number of piperidine rings is 1. The van der Waals surface area contributed by atoms with Gasteiger partial charge in [-0.2, -0.15) is 0 Å². The van der Waals surface area contributed by atoms with Crippen molar-refractivity contribution in [2.75, 3.05) is 18.8 Å². The second-order valence-corrected chi connectivity index (χ2v) is 7.45. The molecule has 0 atom stereocenters. The second-order valence-electron chi connectivity index (χ2n) is 7.45. The first-order chi connectivity index (χ1) is 12.4. The Balaban J connectivity index is 1.73. The number of nitrogens with two attached hydrogens (primary N) is 2. The van der Waals surface area contributed by atoms with Gasteiger partial charge in [-0.25, -0.2) is 4.79 Å². The molecule has 5 nitrogen and oxygen atoms in total. The van der Waals surface area contributed by atoms with Crippen LogP contribution in [0.15, 0.2) is 42.5 Å². The van der Waals surface area contributed by atoms with Crippen molar-refractivity contribution < 1.29 is 20.0 Å². The molecule has 0 bridgehead atoms. The number of quaternary nitrogens is 1. The summed E-state index contributed by atoms with van der Waals surface area (Å²) in [6.45, 7) is 6.17. The zero-order valence-electron chi connectivity index (χ0n) is 15.4. The maximum absolute atomic E-state index is 12.6. The molecule has 0 saturated carbocycles. The number of benzene rings is 2. The molecule has 0 aliphatic carbocycles. The average molecular weight is 355 g/mol. The molecule has 3 rings (SSSR count). The number of rotatable bonds is 4. The highest BCUT2D eigenvalue weighted by molar-refractivity contribution is 5.90. The summed E-state index contributed by atoms with van der Waals surface area (Å²) in [4.78, 5) is 12.6. The molecule has 5 heteroatoms. The van der Waals surface area contributed by atoms with Gasteiger partial charge in [0, 0.05) is 24.3 Å². The van der Waals surface area contributed by atoms with Crippen molar-refractivity contribution in [2.24, 2.45) is 5.92 Å². The minimum atomic E-state index is -0.476. The summed E-state index contributed by atoms with van der Waals surface area (Å²) in [5, 5.41) is 12.4. The van der Waals surface area contributed by atoms with E-state index >= 15 is 0 Å². The molecule has 5 N–H and O–H groups in total. The third-order valence-electron chi connectivity index (χ3n) is 5.28. The number of hydrogen-bond donors (Lipinski definition) is 3. The van der Waals surface area contributed by atoms with Crippen LogP contribution in [0, 0.1) is 5.92 Å². The van der Waals surface area contributed by atoms with Gasteiger partial charge in [-0.3, -0.25) is 0 Å². The first-order valence-electron chi connectivity index (χ1n) is 9.11. The predicted molar refractivity (Wildman–Crippen MR) is 102 cm³/mol. The summed E-state index contributed by atoms with van der Waals surface area (Å²) >= 11 is 0. The lowest BCUT2D eigenvalue weighted by atomic mass is 9.83. The first-order valence-corrected chi connectivity index (χ1v) is 9.11. The van der Waals surface area contributed by atoms with Gasteiger partial charge in [-0.15, -0.1) is 0 Å². The molecule has 1 aliphatic rings. The van der Waals surface area contributed by atoms with Gasteiger partial charge < -0.3 is 20.9 Å². The van der Waals surface area contributed by atoms with Gasteiger partial charge >= 0.3 is 5.97 Å². The van der Waals surface area contributed by atoms with Crippen LogP contribution in [-0.4, -0.2) is 29.8 Å². The Morgan fingerprint density at radius 1 is 1.15 bits per heavy atom. The van der Waals surface area contributed by atoms with Gasteiger partial charge in [-0.1, -0.05) is 24.3 Å². The summed E-state index contributed by atoms with van der Waals surface area (Å²) in [5.74, 6) is 0.130. The maximum Gasteiger partial charge on any atom is 0.338 e. The summed E-state index contributed by atoms with van der Waals surface area (Å²) in [5.41, 5.74) is 7.55. The number of carbonyl (C=O) groups is 1. The summed E-state index contributed by atoms with van der Waals surface area (Å²) in [6, 6.07) is 12.3. The number of para-hydroxylation sites is 1. The van der Waals surface area contributed by atoms with E-state index in [1.165, 1.54) is 0 Å². The molecular weight excluding hydrogens is 328 g/mol. The number of anilines is 1. The summed E-state index contributed by atoms with van der Waals surface area (Å²) in [7, 11) is 0. The fraction of sp³-hybridized carbons (Fsp3) is 0.381. The fourth-order valence-electron chi connectivity index (χ4n) is 3.58. The Bertz CT molecular complexity index is 778. The largest absolute Gasteiger partial charge is 0.505 e. The van der Waals surface area contributed by atoms with Crippen LogP contribution in [0.25, 0.3) is 11.1 Å². The van der Waals surface area contributed by atoms with Crippen molar-refractivity contribution in [1.29, 1.82) is 0 Å². The number of hydrogen-bond acceptors (Lipinski definition) is 4. The van der Waals surface area contributed by atoms with Gasteiger partial charge in [0.25, 0.3) is 0 Å². The van der Waals surface area contributed by atoms with Crippen molar-refractivity contribution in [3.05, 3.63) is 48.0 Å². The smallest absolute Gasteiger partial charge is 0.338 e. The van der Waals surface area contributed by atoms with E-state index in [4.69, 9.17) is 10.5 Å². The Hall–Kier alpha value is -2.53. The lowest BCUT2D eigenvalue weighted by molar-refractivity contribution is -0.665. The Morgan fingerprint density at radius 2 is 1.81 bits per heavy atom. The summed E-state index contributed by atoms with van der Waals surface area (Å²) in [6.07, 6.45) is 2.13. The molecule has 138 valence electrons. The molecule has 1 aliphatic heterocycles. The van der Waals surface area contributed by atoms with E-state index in [9.17, 15) is 9.90 Å². The van der Waals surface area contributed by atoms with Crippen LogP contribution in [0.2, 0.25) is 0 Å². The number of nitrogen functional groups attached to an aromatic ring is 1. The van der Waals surface area contributed by atoms with Gasteiger partial charge in [0.05, 0.1) is 24.3 Å². The van der Waals surface area contributed by atoms with Crippen LogP contribution in [0.1, 0.15) is 37.0 Å². The van der Waals surface area contributed by atoms with Crippen LogP contribution in [0.5, 0.6) is 5.75 Å². The zero-order valence-corrected chi connectivity index (χ0v) is 15.4. The Morgan fingerprint density at radius 3 is 2.46 bits per heavy atom. The Kier molecular flexibility index (Phi) is 5.18. The van der Waals surface area contributed by atoms with Crippen LogP contribution in [0.3, 0.4) is 0 Å². The number of ether oxygens (including phenoxy) is 1.